The van der Waals surface area contributed by atoms with Crippen LogP contribution >= 0.6 is 11.8 Å². The quantitative estimate of drug-likeness (QED) is 0.593. The highest BCUT2D eigenvalue weighted by molar-refractivity contribution is 6.13. The van der Waals surface area contributed by atoms with Crippen molar-refractivity contribution in [2.45, 2.75) is 25.8 Å². The van der Waals surface area contributed by atoms with Crippen molar-refractivity contribution in [2.75, 3.05) is 13.7 Å². The predicted molar refractivity (Wildman–Crippen MR) is 111 cm³/mol. The predicted octanol–water partition coefficient (Wildman–Crippen LogP) is 3.99. The Labute approximate surface area is 173 Å². The summed E-state index contributed by atoms with van der Waals surface area (Å²) < 4.78 is 22.4. The Morgan fingerprint density at radius 2 is 1.90 bits per heavy atom. The number of fused-ring (bicyclic) bond motifs is 3. The van der Waals surface area contributed by atoms with Gasteiger partial charge >= 0.3 is 0 Å². The lowest BCUT2D eigenvalue weighted by atomic mass is 9.89. The molecule has 5 nitrogen and oxygen atoms in total. The van der Waals surface area contributed by atoms with Crippen LogP contribution in [0.3, 0.4) is 0 Å². The fourth-order valence-corrected chi connectivity index (χ4v) is 3.41. The minimum absolute atomic E-state index is 0.0572. The van der Waals surface area contributed by atoms with E-state index in [0.717, 1.165) is 29.5 Å². The molecule has 0 aliphatic heterocycles. The standard InChI is InChI=1S/C22H21ClFN3O2/c1-14(26(2)23)13-29-19-9-7-18(8-10-19)27-21(28)11-16-4-3-15-5-6-17(24)12-20(15)22(16)25-27/h5-12,14H,3-4,13H2,1-2H3. The van der Waals surface area contributed by atoms with Crippen molar-refractivity contribution in [1.29, 1.82) is 0 Å². The van der Waals surface area contributed by atoms with Gasteiger partial charge in [0.2, 0.25) is 0 Å². The van der Waals surface area contributed by atoms with Gasteiger partial charge < -0.3 is 4.74 Å². The molecule has 3 aromatic rings. The number of benzene rings is 2. The molecule has 0 amide bonds. The van der Waals surface area contributed by atoms with Gasteiger partial charge in [-0.3, -0.25) is 4.79 Å². The van der Waals surface area contributed by atoms with Crippen LogP contribution in [0.2, 0.25) is 0 Å². The molecule has 7 heteroatoms. The van der Waals surface area contributed by atoms with E-state index in [0.29, 0.717) is 23.7 Å². The van der Waals surface area contributed by atoms with Crippen LogP contribution in [0.4, 0.5) is 4.39 Å². The lowest BCUT2D eigenvalue weighted by molar-refractivity contribution is 0.237. The smallest absolute Gasteiger partial charge is 0.271 e. The molecule has 150 valence electrons. The maximum absolute atomic E-state index is 13.8. The second-order valence-electron chi connectivity index (χ2n) is 7.25. The van der Waals surface area contributed by atoms with Gasteiger partial charge in [-0.1, -0.05) is 6.07 Å². The summed E-state index contributed by atoms with van der Waals surface area (Å²) >= 11 is 5.90. The molecule has 1 heterocycles. The summed E-state index contributed by atoms with van der Waals surface area (Å²) in [5.74, 6) is 0.368. The van der Waals surface area contributed by atoms with Gasteiger partial charge in [-0.15, -0.1) is 0 Å². The first kappa shape index (κ1) is 19.6. The summed E-state index contributed by atoms with van der Waals surface area (Å²) in [6.07, 6.45) is 1.49. The topological polar surface area (TPSA) is 47.4 Å². The third kappa shape index (κ3) is 4.04. The Bertz CT molecular complexity index is 1100. The molecule has 0 spiro atoms. The van der Waals surface area contributed by atoms with Crippen molar-refractivity contribution < 1.29 is 9.13 Å². The number of ether oxygens (including phenoxy) is 1. The van der Waals surface area contributed by atoms with Crippen LogP contribution in [0.5, 0.6) is 5.75 Å². The van der Waals surface area contributed by atoms with Crippen molar-refractivity contribution in [2.24, 2.45) is 0 Å². The molecule has 0 radical (unpaired) electrons. The average molecular weight is 414 g/mol. The highest BCUT2D eigenvalue weighted by atomic mass is 35.5. The van der Waals surface area contributed by atoms with E-state index >= 15 is 0 Å². The van der Waals surface area contributed by atoms with E-state index in [1.807, 2.05) is 6.92 Å². The second-order valence-corrected chi connectivity index (χ2v) is 7.78. The van der Waals surface area contributed by atoms with E-state index in [9.17, 15) is 9.18 Å². The van der Waals surface area contributed by atoms with E-state index in [1.54, 1.807) is 47.9 Å². The van der Waals surface area contributed by atoms with E-state index in [4.69, 9.17) is 16.5 Å². The van der Waals surface area contributed by atoms with E-state index in [2.05, 4.69) is 5.10 Å². The van der Waals surface area contributed by atoms with Gasteiger partial charge in [0.05, 0.1) is 17.4 Å². The number of aromatic nitrogens is 2. The normalized spacial score (nSPS) is 13.7. The number of hydrogen-bond donors (Lipinski definition) is 0. The molecule has 1 aliphatic rings. The van der Waals surface area contributed by atoms with Crippen molar-refractivity contribution in [3.63, 3.8) is 0 Å². The second kappa shape index (κ2) is 7.97. The summed E-state index contributed by atoms with van der Waals surface area (Å²) in [6.45, 7) is 2.40. The van der Waals surface area contributed by atoms with Crippen LogP contribution in [-0.4, -0.2) is 33.9 Å². The molecule has 0 bridgehead atoms. The monoisotopic (exact) mass is 413 g/mol. The van der Waals surface area contributed by atoms with E-state index in [-0.39, 0.29) is 17.4 Å². The molecule has 4 rings (SSSR count). The van der Waals surface area contributed by atoms with Crippen molar-refractivity contribution in [3.8, 4) is 22.7 Å². The van der Waals surface area contributed by atoms with Crippen LogP contribution in [0.15, 0.2) is 53.3 Å². The van der Waals surface area contributed by atoms with Crippen LogP contribution in [0.1, 0.15) is 18.1 Å². The van der Waals surface area contributed by atoms with Gasteiger partial charge in [-0.25, -0.2) is 8.81 Å². The maximum atomic E-state index is 13.8. The van der Waals surface area contributed by atoms with Crippen molar-refractivity contribution in [3.05, 3.63) is 75.8 Å². The fraction of sp³-hybridized carbons (Fsp3) is 0.273. The van der Waals surface area contributed by atoms with Crippen molar-refractivity contribution >= 4 is 11.8 Å². The van der Waals surface area contributed by atoms with Crippen LogP contribution in [0, 0.1) is 5.82 Å². The lowest BCUT2D eigenvalue weighted by Gasteiger charge is -2.20. The number of nitrogens with zero attached hydrogens (tertiary/aromatic N) is 3. The zero-order valence-electron chi connectivity index (χ0n) is 16.2. The minimum atomic E-state index is -0.311. The largest absolute Gasteiger partial charge is 0.492 e. The average Bonchev–Trinajstić information content (AvgIpc) is 2.71. The molecule has 0 saturated carbocycles. The Morgan fingerprint density at radius 3 is 2.62 bits per heavy atom. The number of hydrogen-bond acceptors (Lipinski definition) is 4. The number of likely N-dealkylation sites (N-methyl/N-ethyl adjacent to an activating group) is 1. The van der Waals surface area contributed by atoms with Crippen LogP contribution in [0.25, 0.3) is 16.9 Å². The molecule has 0 N–H and O–H groups in total. The number of aryl methyl sites for hydroxylation is 2. The Kier molecular flexibility index (Phi) is 5.39. The van der Waals surface area contributed by atoms with E-state index < -0.39 is 0 Å². The zero-order chi connectivity index (χ0) is 20.5. The lowest BCUT2D eigenvalue weighted by Crippen LogP contribution is -2.26. The van der Waals surface area contributed by atoms with E-state index in [1.165, 1.54) is 16.8 Å². The Balaban J connectivity index is 1.65. The highest BCUT2D eigenvalue weighted by Gasteiger charge is 2.20. The molecule has 0 fully saturated rings. The molecule has 1 aromatic heterocycles. The molecule has 1 aliphatic carbocycles. The minimum Gasteiger partial charge on any atom is -0.492 e. The summed E-state index contributed by atoms with van der Waals surface area (Å²) in [7, 11) is 1.77. The molecule has 29 heavy (non-hydrogen) atoms. The third-order valence-corrected chi connectivity index (χ3v) is 5.51. The molecular weight excluding hydrogens is 393 g/mol. The summed E-state index contributed by atoms with van der Waals surface area (Å²) in [6, 6.07) is 13.5. The van der Waals surface area contributed by atoms with Gasteiger partial charge in [0.1, 0.15) is 18.2 Å². The summed E-state index contributed by atoms with van der Waals surface area (Å²) in [5, 5.41) is 4.57. The third-order valence-electron chi connectivity index (χ3n) is 5.18. The van der Waals surface area contributed by atoms with Gasteiger partial charge in [0.15, 0.2) is 0 Å². The number of halogens is 2. The van der Waals surface area contributed by atoms with Crippen LogP contribution in [-0.2, 0) is 12.8 Å². The highest BCUT2D eigenvalue weighted by Crippen LogP contribution is 2.31. The first-order valence-electron chi connectivity index (χ1n) is 9.46. The Morgan fingerprint density at radius 1 is 1.17 bits per heavy atom. The zero-order valence-corrected chi connectivity index (χ0v) is 17.0. The maximum Gasteiger partial charge on any atom is 0.271 e. The fourth-order valence-electron chi connectivity index (χ4n) is 3.35. The molecule has 2 aromatic carbocycles. The molecular formula is C22H21ClFN3O2. The Hall–Kier alpha value is -2.70. The van der Waals surface area contributed by atoms with Gasteiger partial charge in [-0.2, -0.15) is 9.78 Å². The summed E-state index contributed by atoms with van der Waals surface area (Å²) in [4.78, 5) is 12.6. The molecule has 0 saturated heterocycles. The van der Waals surface area contributed by atoms with Gasteiger partial charge in [0.25, 0.3) is 5.56 Å². The summed E-state index contributed by atoms with van der Waals surface area (Å²) in [5.41, 5.74) is 3.71. The molecule has 1 atom stereocenters. The van der Waals surface area contributed by atoms with Crippen molar-refractivity contribution in [1.82, 2.24) is 14.2 Å². The number of rotatable bonds is 5. The SMILES string of the molecule is CC(COc1ccc(-n2nc3c(cc2=O)CCc2ccc(F)cc2-3)cc1)N(C)Cl. The first-order valence-corrected chi connectivity index (χ1v) is 9.80. The van der Waals surface area contributed by atoms with Crippen LogP contribution < -0.4 is 10.3 Å². The molecule has 1 unspecified atom stereocenters. The van der Waals surface area contributed by atoms with Gasteiger partial charge in [0, 0.05) is 18.7 Å². The first-order chi connectivity index (χ1) is 13.9. The van der Waals surface area contributed by atoms with Gasteiger partial charge in [-0.05, 0) is 79.1 Å².